The number of nitrogens with one attached hydrogen (secondary N) is 3. The molecule has 2 amide bonds. The first-order chi connectivity index (χ1) is 15.0. The Morgan fingerprint density at radius 3 is 2.31 bits per heavy atom. The molecular weight excluding hydrogens is 458 g/mol. The fourth-order valence-corrected chi connectivity index (χ4v) is 4.38. The zero-order valence-electron chi connectivity index (χ0n) is 18.4. The van der Waals surface area contributed by atoms with Crippen LogP contribution >= 0.6 is 11.6 Å². The summed E-state index contributed by atoms with van der Waals surface area (Å²) in [5.74, 6) is -0.399. The minimum absolute atomic E-state index is 0.0648. The van der Waals surface area contributed by atoms with Crippen LogP contribution in [0.5, 0.6) is 11.5 Å². The summed E-state index contributed by atoms with van der Waals surface area (Å²) in [6.45, 7) is 4.97. The standard InChI is InChI=1S/C21H26ClN3O6S/c1-12(2)24-20(26)11-23-21(27)14-7-6-13(3)19(8-14)32(28,29)25-16-9-15(22)17(30-4)10-18(16)31-5/h6-10,12,25H,11H2,1-5H3,(H,23,27)(H,24,26). The number of hydrogen-bond acceptors (Lipinski definition) is 6. The quantitative estimate of drug-likeness (QED) is 0.504. The van der Waals surface area contributed by atoms with E-state index in [-0.39, 0.29) is 45.4 Å². The normalized spacial score (nSPS) is 11.1. The van der Waals surface area contributed by atoms with Gasteiger partial charge in [-0.2, -0.15) is 0 Å². The molecule has 0 heterocycles. The van der Waals surface area contributed by atoms with Crippen molar-refractivity contribution in [3.8, 4) is 11.5 Å². The van der Waals surface area contributed by atoms with Gasteiger partial charge in [-0.05, 0) is 44.5 Å². The van der Waals surface area contributed by atoms with Gasteiger partial charge in [-0.25, -0.2) is 8.42 Å². The van der Waals surface area contributed by atoms with E-state index in [4.69, 9.17) is 21.1 Å². The van der Waals surface area contributed by atoms with Crippen molar-refractivity contribution in [2.45, 2.75) is 31.7 Å². The van der Waals surface area contributed by atoms with Crippen molar-refractivity contribution in [3.63, 3.8) is 0 Å². The van der Waals surface area contributed by atoms with Crippen LogP contribution in [0.25, 0.3) is 0 Å². The Bertz CT molecular complexity index is 1120. The summed E-state index contributed by atoms with van der Waals surface area (Å²) in [5, 5.41) is 5.32. The Balaban J connectivity index is 2.30. The number of rotatable bonds is 9. The molecule has 2 rings (SSSR count). The number of hydrogen-bond donors (Lipinski definition) is 3. The highest BCUT2D eigenvalue weighted by atomic mass is 35.5. The van der Waals surface area contributed by atoms with Crippen molar-refractivity contribution in [2.75, 3.05) is 25.5 Å². The molecular formula is C21H26ClN3O6S. The lowest BCUT2D eigenvalue weighted by Gasteiger charge is -2.16. The van der Waals surface area contributed by atoms with Crippen LogP contribution in [0.2, 0.25) is 5.02 Å². The molecule has 0 unspecified atom stereocenters. The molecule has 11 heteroatoms. The molecule has 0 aliphatic rings. The van der Waals surface area contributed by atoms with E-state index in [9.17, 15) is 18.0 Å². The minimum atomic E-state index is -4.10. The summed E-state index contributed by atoms with van der Waals surface area (Å²) in [6, 6.07) is 7.00. The summed E-state index contributed by atoms with van der Waals surface area (Å²) in [7, 11) is -1.30. The first kappa shape index (κ1) is 25.3. The molecule has 174 valence electrons. The number of carbonyl (C=O) groups excluding carboxylic acids is 2. The molecule has 32 heavy (non-hydrogen) atoms. The minimum Gasteiger partial charge on any atom is -0.495 e. The van der Waals surface area contributed by atoms with E-state index in [1.165, 1.54) is 44.6 Å². The fraction of sp³-hybridized carbons (Fsp3) is 0.333. The Morgan fingerprint density at radius 1 is 1.06 bits per heavy atom. The molecule has 2 aromatic carbocycles. The fourth-order valence-electron chi connectivity index (χ4n) is 2.81. The van der Waals surface area contributed by atoms with Crippen LogP contribution in [-0.4, -0.2) is 47.0 Å². The van der Waals surface area contributed by atoms with Gasteiger partial charge in [0.05, 0.1) is 36.4 Å². The highest BCUT2D eigenvalue weighted by molar-refractivity contribution is 7.92. The molecule has 0 fully saturated rings. The lowest BCUT2D eigenvalue weighted by Crippen LogP contribution is -2.39. The maximum absolute atomic E-state index is 13.1. The van der Waals surface area contributed by atoms with Crippen molar-refractivity contribution < 1.29 is 27.5 Å². The number of carbonyl (C=O) groups is 2. The van der Waals surface area contributed by atoms with Gasteiger partial charge in [-0.15, -0.1) is 0 Å². The SMILES string of the molecule is COc1cc(OC)c(NS(=O)(=O)c2cc(C(=O)NCC(=O)NC(C)C)ccc2C)cc1Cl. The summed E-state index contributed by atoms with van der Waals surface area (Å²) < 4.78 is 38.9. The van der Waals surface area contributed by atoms with Crippen LogP contribution in [0, 0.1) is 6.92 Å². The molecule has 0 aliphatic carbocycles. The lowest BCUT2D eigenvalue weighted by molar-refractivity contribution is -0.120. The van der Waals surface area contributed by atoms with Gasteiger partial charge in [-0.1, -0.05) is 17.7 Å². The van der Waals surface area contributed by atoms with Crippen molar-refractivity contribution >= 4 is 39.1 Å². The number of aryl methyl sites for hydroxylation is 1. The maximum Gasteiger partial charge on any atom is 0.262 e. The van der Waals surface area contributed by atoms with Gasteiger partial charge in [0.25, 0.3) is 15.9 Å². The summed E-state index contributed by atoms with van der Waals surface area (Å²) in [4.78, 5) is 24.1. The van der Waals surface area contributed by atoms with E-state index >= 15 is 0 Å². The predicted octanol–water partition coefficient (Wildman–Crippen LogP) is 2.72. The van der Waals surface area contributed by atoms with Crippen LogP contribution in [0.3, 0.4) is 0 Å². The third-order valence-electron chi connectivity index (χ3n) is 4.32. The van der Waals surface area contributed by atoms with Gasteiger partial charge in [-0.3, -0.25) is 14.3 Å². The average molecular weight is 484 g/mol. The molecule has 0 radical (unpaired) electrons. The van der Waals surface area contributed by atoms with E-state index in [0.29, 0.717) is 11.3 Å². The number of halogens is 1. The van der Waals surface area contributed by atoms with Gasteiger partial charge in [0.15, 0.2) is 0 Å². The van der Waals surface area contributed by atoms with Gasteiger partial charge >= 0.3 is 0 Å². The van der Waals surface area contributed by atoms with Crippen LogP contribution in [-0.2, 0) is 14.8 Å². The van der Waals surface area contributed by atoms with Gasteiger partial charge in [0, 0.05) is 17.7 Å². The van der Waals surface area contributed by atoms with Crippen molar-refractivity contribution in [2.24, 2.45) is 0 Å². The monoisotopic (exact) mass is 483 g/mol. The summed E-state index contributed by atoms with van der Waals surface area (Å²) in [5.41, 5.74) is 0.621. The molecule has 0 aromatic heterocycles. The third-order valence-corrected chi connectivity index (χ3v) is 6.12. The number of ether oxygens (including phenoxy) is 2. The highest BCUT2D eigenvalue weighted by Gasteiger charge is 2.22. The van der Waals surface area contributed by atoms with Crippen molar-refractivity contribution in [3.05, 3.63) is 46.5 Å². The van der Waals surface area contributed by atoms with Gasteiger partial charge in [0.2, 0.25) is 5.91 Å². The number of sulfonamides is 1. The molecule has 0 saturated carbocycles. The number of methoxy groups -OCH3 is 2. The molecule has 9 nitrogen and oxygen atoms in total. The molecule has 0 atom stereocenters. The van der Waals surface area contributed by atoms with Crippen LogP contribution in [0.15, 0.2) is 35.2 Å². The predicted molar refractivity (Wildman–Crippen MR) is 122 cm³/mol. The Kier molecular flexibility index (Phi) is 8.34. The second-order valence-corrected chi connectivity index (χ2v) is 9.24. The van der Waals surface area contributed by atoms with Gasteiger partial charge in [0.1, 0.15) is 11.5 Å². The molecule has 0 saturated heterocycles. The zero-order chi connectivity index (χ0) is 24.1. The zero-order valence-corrected chi connectivity index (χ0v) is 20.0. The Morgan fingerprint density at radius 2 is 1.72 bits per heavy atom. The second kappa shape index (κ2) is 10.6. The topological polar surface area (TPSA) is 123 Å². The van der Waals surface area contributed by atoms with E-state index in [0.717, 1.165) is 0 Å². The largest absolute Gasteiger partial charge is 0.495 e. The molecule has 0 aliphatic heterocycles. The lowest BCUT2D eigenvalue weighted by atomic mass is 10.1. The molecule has 0 spiro atoms. The summed E-state index contributed by atoms with van der Waals surface area (Å²) >= 11 is 6.12. The smallest absolute Gasteiger partial charge is 0.262 e. The van der Waals surface area contributed by atoms with E-state index in [2.05, 4.69) is 15.4 Å². The number of anilines is 1. The number of amides is 2. The first-order valence-electron chi connectivity index (χ1n) is 9.61. The Hall–Kier alpha value is -2.98. The van der Waals surface area contributed by atoms with Crippen molar-refractivity contribution in [1.29, 1.82) is 0 Å². The highest BCUT2D eigenvalue weighted by Crippen LogP contribution is 2.37. The van der Waals surface area contributed by atoms with E-state index in [1.54, 1.807) is 20.8 Å². The van der Waals surface area contributed by atoms with Crippen LogP contribution in [0.4, 0.5) is 5.69 Å². The van der Waals surface area contributed by atoms with Crippen LogP contribution < -0.4 is 24.8 Å². The Labute approximate surface area is 192 Å². The third kappa shape index (κ3) is 6.27. The molecule has 3 N–H and O–H groups in total. The van der Waals surface area contributed by atoms with E-state index < -0.39 is 15.9 Å². The van der Waals surface area contributed by atoms with Gasteiger partial charge < -0.3 is 20.1 Å². The first-order valence-corrected chi connectivity index (χ1v) is 11.5. The number of benzene rings is 2. The van der Waals surface area contributed by atoms with Crippen LogP contribution in [0.1, 0.15) is 29.8 Å². The van der Waals surface area contributed by atoms with E-state index in [1.807, 2.05) is 0 Å². The second-order valence-electron chi connectivity index (χ2n) is 7.18. The maximum atomic E-state index is 13.1. The average Bonchev–Trinajstić information content (AvgIpc) is 2.71. The molecule has 0 bridgehead atoms. The molecule has 2 aromatic rings. The van der Waals surface area contributed by atoms with Crippen molar-refractivity contribution in [1.82, 2.24) is 10.6 Å². The summed E-state index contributed by atoms with van der Waals surface area (Å²) in [6.07, 6.45) is 0.